The molecule has 0 radical (unpaired) electrons. The number of hydrogen-bond donors (Lipinski definition) is 2. The van der Waals surface area contributed by atoms with Crippen molar-refractivity contribution in [2.45, 2.75) is 12.0 Å². The van der Waals surface area contributed by atoms with Crippen LogP contribution in [0, 0.1) is 0 Å². The van der Waals surface area contributed by atoms with Gasteiger partial charge in [0.25, 0.3) is 11.8 Å². The Morgan fingerprint density at radius 2 is 2.00 bits per heavy atom. The average Bonchev–Trinajstić information content (AvgIpc) is 3.12. The fourth-order valence-electron chi connectivity index (χ4n) is 2.76. The lowest BCUT2D eigenvalue weighted by atomic mass is 10.0. The van der Waals surface area contributed by atoms with Gasteiger partial charge in [0.1, 0.15) is 5.69 Å². The highest BCUT2D eigenvalue weighted by Crippen LogP contribution is 2.25. The van der Waals surface area contributed by atoms with E-state index in [2.05, 4.69) is 5.10 Å². The number of carbonyl (C=O) groups excluding carboxylic acids is 2. The van der Waals surface area contributed by atoms with Gasteiger partial charge in [-0.2, -0.15) is 5.10 Å². The van der Waals surface area contributed by atoms with Crippen LogP contribution in [0.4, 0.5) is 0 Å². The third kappa shape index (κ3) is 2.88. The molecule has 8 heteroatoms. The van der Waals surface area contributed by atoms with E-state index in [1.807, 2.05) is 12.1 Å². The number of primary amides is 1. The molecule has 1 aliphatic rings. The van der Waals surface area contributed by atoms with Gasteiger partial charge in [-0.25, -0.2) is 0 Å². The van der Waals surface area contributed by atoms with Crippen LogP contribution in [-0.4, -0.2) is 50.3 Å². The SMILES string of the molecule is Cn1nc(-c2ccc(Cl)cc2)cc1C(=O)N1CCC(O)(C(N)=O)C1. The van der Waals surface area contributed by atoms with Gasteiger partial charge < -0.3 is 15.7 Å². The van der Waals surface area contributed by atoms with Crippen molar-refractivity contribution in [2.75, 3.05) is 13.1 Å². The molecule has 0 spiro atoms. The molecule has 3 rings (SSSR count). The zero-order valence-electron chi connectivity index (χ0n) is 13.1. The number of aromatic nitrogens is 2. The highest BCUT2D eigenvalue weighted by Gasteiger charge is 2.43. The molecule has 126 valence electrons. The molecule has 2 heterocycles. The molecule has 1 fully saturated rings. The standard InChI is InChI=1S/C16H17ClN4O3/c1-20-13(8-12(19-20)10-2-4-11(17)5-3-10)14(22)21-7-6-16(24,9-21)15(18)23/h2-5,8,24H,6-7,9H2,1H3,(H2,18,23). The molecule has 0 bridgehead atoms. The lowest BCUT2D eigenvalue weighted by Crippen LogP contribution is -2.46. The summed E-state index contributed by atoms with van der Waals surface area (Å²) in [5.41, 5.74) is 5.39. The minimum Gasteiger partial charge on any atom is -0.378 e. The Morgan fingerprint density at radius 3 is 2.58 bits per heavy atom. The summed E-state index contributed by atoms with van der Waals surface area (Å²) in [7, 11) is 1.67. The number of aliphatic hydroxyl groups is 1. The highest BCUT2D eigenvalue weighted by atomic mass is 35.5. The molecular formula is C16H17ClN4O3. The summed E-state index contributed by atoms with van der Waals surface area (Å²) in [6.07, 6.45) is 0.135. The summed E-state index contributed by atoms with van der Waals surface area (Å²) in [6, 6.07) is 8.81. The molecule has 1 unspecified atom stereocenters. The Kier molecular flexibility index (Phi) is 4.06. The number of nitrogens with zero attached hydrogens (tertiary/aromatic N) is 3. The van der Waals surface area contributed by atoms with E-state index in [1.54, 1.807) is 25.2 Å². The number of β-amino-alcohol motifs (C(OH)–C–C–N with tert-alkyl or cyclic N) is 1. The zero-order valence-corrected chi connectivity index (χ0v) is 13.8. The predicted octanol–water partition coefficient (Wildman–Crippen LogP) is 0.803. The first-order valence-corrected chi connectivity index (χ1v) is 7.79. The first kappa shape index (κ1) is 16.5. The Hall–Kier alpha value is -2.38. The van der Waals surface area contributed by atoms with Crippen LogP contribution in [0.3, 0.4) is 0 Å². The van der Waals surface area contributed by atoms with Crippen molar-refractivity contribution in [3.63, 3.8) is 0 Å². The molecule has 24 heavy (non-hydrogen) atoms. The van der Waals surface area contributed by atoms with Gasteiger partial charge in [0.15, 0.2) is 5.60 Å². The second-order valence-electron chi connectivity index (χ2n) is 5.92. The van der Waals surface area contributed by atoms with Crippen molar-refractivity contribution in [3.8, 4) is 11.3 Å². The summed E-state index contributed by atoms with van der Waals surface area (Å²) in [5.74, 6) is -1.12. The Bertz CT molecular complexity index is 802. The molecule has 1 aromatic heterocycles. The number of hydrogen-bond acceptors (Lipinski definition) is 4. The summed E-state index contributed by atoms with van der Waals surface area (Å²) >= 11 is 5.88. The Morgan fingerprint density at radius 1 is 1.33 bits per heavy atom. The maximum Gasteiger partial charge on any atom is 0.272 e. The average molecular weight is 349 g/mol. The molecule has 2 aromatic rings. The van der Waals surface area contributed by atoms with E-state index in [0.717, 1.165) is 5.56 Å². The topological polar surface area (TPSA) is 101 Å². The van der Waals surface area contributed by atoms with Gasteiger partial charge in [0, 0.05) is 30.6 Å². The summed E-state index contributed by atoms with van der Waals surface area (Å²) in [5, 5.41) is 15.1. The molecule has 0 saturated carbocycles. The number of benzene rings is 1. The van der Waals surface area contributed by atoms with Crippen molar-refractivity contribution in [1.82, 2.24) is 14.7 Å². The second kappa shape index (κ2) is 5.92. The summed E-state index contributed by atoms with van der Waals surface area (Å²) in [4.78, 5) is 25.4. The number of nitrogens with two attached hydrogens (primary N) is 1. The van der Waals surface area contributed by atoms with Crippen molar-refractivity contribution in [3.05, 3.63) is 41.0 Å². The Balaban J connectivity index is 1.84. The predicted molar refractivity (Wildman–Crippen MR) is 88.3 cm³/mol. The van der Waals surface area contributed by atoms with Gasteiger partial charge in [-0.1, -0.05) is 23.7 Å². The number of carbonyl (C=O) groups is 2. The number of halogens is 1. The summed E-state index contributed by atoms with van der Waals surface area (Å²) in [6.45, 7) is 0.155. The van der Waals surface area contributed by atoms with E-state index in [-0.39, 0.29) is 25.4 Å². The van der Waals surface area contributed by atoms with E-state index in [1.165, 1.54) is 9.58 Å². The van der Waals surface area contributed by atoms with Crippen LogP contribution in [-0.2, 0) is 11.8 Å². The first-order valence-electron chi connectivity index (χ1n) is 7.42. The molecule has 3 N–H and O–H groups in total. The van der Waals surface area contributed by atoms with E-state index in [9.17, 15) is 14.7 Å². The quantitative estimate of drug-likeness (QED) is 0.856. The number of rotatable bonds is 3. The number of likely N-dealkylation sites (tertiary alicyclic amines) is 1. The van der Waals surface area contributed by atoms with E-state index in [0.29, 0.717) is 16.4 Å². The van der Waals surface area contributed by atoms with Crippen LogP contribution in [0.2, 0.25) is 5.02 Å². The van der Waals surface area contributed by atoms with Crippen molar-refractivity contribution >= 4 is 23.4 Å². The lowest BCUT2D eigenvalue weighted by molar-refractivity contribution is -0.134. The van der Waals surface area contributed by atoms with Crippen molar-refractivity contribution < 1.29 is 14.7 Å². The summed E-state index contributed by atoms with van der Waals surface area (Å²) < 4.78 is 1.48. The van der Waals surface area contributed by atoms with Gasteiger partial charge in [-0.05, 0) is 18.2 Å². The number of aryl methyl sites for hydroxylation is 1. The second-order valence-corrected chi connectivity index (χ2v) is 6.35. The zero-order chi connectivity index (χ0) is 17.5. The van der Waals surface area contributed by atoms with Gasteiger partial charge in [-0.3, -0.25) is 14.3 Å². The third-order valence-corrected chi connectivity index (χ3v) is 4.48. The van der Waals surface area contributed by atoms with Gasteiger partial charge in [0.2, 0.25) is 0 Å². The van der Waals surface area contributed by atoms with Gasteiger partial charge in [-0.15, -0.1) is 0 Å². The van der Waals surface area contributed by atoms with Crippen LogP contribution in [0.25, 0.3) is 11.3 Å². The lowest BCUT2D eigenvalue weighted by Gasteiger charge is -2.19. The normalized spacial score (nSPS) is 20.4. The van der Waals surface area contributed by atoms with Crippen LogP contribution in [0.1, 0.15) is 16.9 Å². The number of amides is 2. The molecule has 1 aliphatic heterocycles. The molecule has 1 aromatic carbocycles. The minimum absolute atomic E-state index is 0.109. The fourth-order valence-corrected chi connectivity index (χ4v) is 2.89. The van der Waals surface area contributed by atoms with Crippen LogP contribution >= 0.6 is 11.6 Å². The molecular weight excluding hydrogens is 332 g/mol. The molecule has 1 atom stereocenters. The maximum atomic E-state index is 12.7. The molecule has 2 amide bonds. The van der Waals surface area contributed by atoms with Gasteiger partial charge >= 0.3 is 0 Å². The maximum absolute atomic E-state index is 12.7. The first-order chi connectivity index (χ1) is 11.3. The largest absolute Gasteiger partial charge is 0.378 e. The van der Waals surface area contributed by atoms with Crippen LogP contribution < -0.4 is 5.73 Å². The highest BCUT2D eigenvalue weighted by molar-refractivity contribution is 6.30. The van der Waals surface area contributed by atoms with Gasteiger partial charge in [0.05, 0.1) is 12.2 Å². The molecule has 0 aliphatic carbocycles. The fraction of sp³-hybridized carbons (Fsp3) is 0.312. The van der Waals surface area contributed by atoms with Crippen molar-refractivity contribution in [1.29, 1.82) is 0 Å². The van der Waals surface area contributed by atoms with E-state index >= 15 is 0 Å². The van der Waals surface area contributed by atoms with Crippen molar-refractivity contribution in [2.24, 2.45) is 12.8 Å². The molecule has 7 nitrogen and oxygen atoms in total. The van der Waals surface area contributed by atoms with Crippen LogP contribution in [0.5, 0.6) is 0 Å². The van der Waals surface area contributed by atoms with E-state index in [4.69, 9.17) is 17.3 Å². The molecule has 1 saturated heterocycles. The monoisotopic (exact) mass is 348 g/mol. The van der Waals surface area contributed by atoms with Crippen LogP contribution in [0.15, 0.2) is 30.3 Å². The Labute approximate surface area is 143 Å². The van der Waals surface area contributed by atoms with E-state index < -0.39 is 11.5 Å². The third-order valence-electron chi connectivity index (χ3n) is 4.23. The smallest absolute Gasteiger partial charge is 0.272 e. The minimum atomic E-state index is -1.66.